The number of hydrogen-bond acceptors (Lipinski definition) is 14. The molecule has 17 nitrogen and oxygen atoms in total. The molecule has 2 amide bonds. The fraction of sp³-hybridized carbons (Fsp3) is 0.516. The number of aromatic nitrogens is 4. The Kier molecular flexibility index (Phi) is 14.7. The van der Waals surface area contributed by atoms with Crippen LogP contribution in [0.4, 0.5) is 10.5 Å². The van der Waals surface area contributed by atoms with Crippen LogP contribution in [0.2, 0.25) is 30.7 Å². The Balaban J connectivity index is 1.83. The predicted octanol–water partition coefficient (Wildman–Crippen LogP) is 4.14. The molecule has 0 radical (unpaired) electrons. The highest BCUT2D eigenvalue weighted by Gasteiger charge is 2.28. The Morgan fingerprint density at radius 1 is 1.12 bits per heavy atom. The number of anilines is 1. The first-order chi connectivity index (χ1) is 24.2. The molecular formula is C31H44ClN7O10S2Si. The van der Waals surface area contributed by atoms with E-state index in [0.717, 1.165) is 29.4 Å². The highest BCUT2D eigenvalue weighted by Crippen LogP contribution is 2.29. The third-order valence-electron chi connectivity index (χ3n) is 6.57. The smallest absolute Gasteiger partial charge is 0.408 e. The van der Waals surface area contributed by atoms with Gasteiger partial charge >= 0.3 is 24.0 Å². The monoisotopic (exact) mass is 801 g/mol. The van der Waals surface area contributed by atoms with E-state index in [4.69, 9.17) is 30.5 Å². The zero-order valence-electron chi connectivity index (χ0n) is 30.2. The van der Waals surface area contributed by atoms with Crippen molar-refractivity contribution in [1.82, 2.24) is 30.2 Å². The van der Waals surface area contributed by atoms with Crippen molar-refractivity contribution in [2.24, 2.45) is 0 Å². The number of carbonyl (C=O) groups excluding carboxylic acids is 4. The SMILES string of the molecule is CCOc1nc(SC[C@H](NC(=O)OC(C)(C)C)C(=O)NCCC(=O)OCC[Si](C)(C)C)cc2nc(S(=O)(=O)Nc3c(Cl)cccc3C(=O)OC)nn12. The van der Waals surface area contributed by atoms with Crippen LogP contribution in [-0.4, -0.2) is 104 Å². The first-order valence-electron chi connectivity index (χ1n) is 16.1. The lowest BCUT2D eigenvalue weighted by molar-refractivity contribution is -0.143. The minimum atomic E-state index is -4.52. The first kappa shape index (κ1) is 42.3. The van der Waals surface area contributed by atoms with E-state index >= 15 is 0 Å². The van der Waals surface area contributed by atoms with Crippen molar-refractivity contribution in [3.63, 3.8) is 0 Å². The summed E-state index contributed by atoms with van der Waals surface area (Å²) in [7, 11) is -4.76. The molecule has 286 valence electrons. The zero-order valence-corrected chi connectivity index (χ0v) is 33.6. The quantitative estimate of drug-likeness (QED) is 0.0575. The van der Waals surface area contributed by atoms with Crippen LogP contribution in [-0.2, 0) is 33.8 Å². The van der Waals surface area contributed by atoms with Crippen LogP contribution in [0.15, 0.2) is 34.4 Å². The van der Waals surface area contributed by atoms with Crippen LogP contribution in [0.5, 0.6) is 6.01 Å². The van der Waals surface area contributed by atoms with Gasteiger partial charge in [-0.15, -0.1) is 16.9 Å². The molecule has 0 aliphatic heterocycles. The fourth-order valence-corrected chi connectivity index (χ4v) is 6.96. The first-order valence-corrected chi connectivity index (χ1v) is 22.6. The van der Waals surface area contributed by atoms with Gasteiger partial charge in [0.05, 0.1) is 43.0 Å². The maximum atomic E-state index is 13.4. The van der Waals surface area contributed by atoms with E-state index in [0.29, 0.717) is 6.61 Å². The van der Waals surface area contributed by atoms with Gasteiger partial charge < -0.3 is 29.6 Å². The number of hydrogen-bond donors (Lipinski definition) is 3. The number of ether oxygens (including phenoxy) is 4. The van der Waals surface area contributed by atoms with Gasteiger partial charge in [0, 0.05) is 26.4 Å². The van der Waals surface area contributed by atoms with Gasteiger partial charge in [-0.2, -0.15) is 22.9 Å². The molecule has 3 rings (SSSR count). The van der Waals surface area contributed by atoms with E-state index in [2.05, 4.69) is 50.1 Å². The highest BCUT2D eigenvalue weighted by molar-refractivity contribution is 7.99. The summed E-state index contributed by atoms with van der Waals surface area (Å²) in [6, 6.07) is 5.15. The standard InChI is InChI=1S/C31H44ClN7O10S2Si/c1-9-47-29-36-23(17-22-35-28(37-39(22)29)51(44,45)38-25-19(27(42)46-5)11-10-12-20(25)32)50-18-21(34-30(43)49-31(2,3)4)26(41)33-14-13-24(40)48-15-16-52(6,7)8/h10-12,17,21,38H,9,13-16,18H2,1-8H3,(H,33,41)(H,34,43)/t21-/m0/s1. The van der Waals surface area contributed by atoms with Crippen molar-refractivity contribution >= 4 is 76.7 Å². The number of amides is 2. The molecule has 21 heteroatoms. The van der Waals surface area contributed by atoms with Crippen molar-refractivity contribution in [3.05, 3.63) is 34.9 Å². The van der Waals surface area contributed by atoms with E-state index in [1.165, 1.54) is 24.3 Å². The molecule has 0 saturated carbocycles. The van der Waals surface area contributed by atoms with Crippen LogP contribution < -0.4 is 20.1 Å². The molecule has 0 fully saturated rings. The number of thioether (sulfide) groups is 1. The van der Waals surface area contributed by atoms with Crippen molar-refractivity contribution in [2.75, 3.05) is 37.3 Å². The number of carbonyl (C=O) groups is 4. The highest BCUT2D eigenvalue weighted by atomic mass is 35.5. The molecule has 1 aromatic carbocycles. The Morgan fingerprint density at radius 2 is 1.83 bits per heavy atom. The van der Waals surface area contributed by atoms with Crippen LogP contribution in [0.1, 0.15) is 44.5 Å². The molecule has 0 aliphatic rings. The van der Waals surface area contributed by atoms with E-state index in [9.17, 15) is 27.6 Å². The summed E-state index contributed by atoms with van der Waals surface area (Å²) in [4.78, 5) is 58.9. The molecule has 0 unspecified atom stereocenters. The summed E-state index contributed by atoms with van der Waals surface area (Å²) in [5.74, 6) is -1.93. The van der Waals surface area contributed by atoms with Crippen molar-refractivity contribution in [3.8, 4) is 6.01 Å². The second-order valence-electron chi connectivity index (χ2n) is 13.3. The topological polar surface area (TPSA) is 219 Å². The number of halogens is 1. The van der Waals surface area contributed by atoms with Crippen molar-refractivity contribution < 1.29 is 46.5 Å². The number of nitrogens with zero attached hydrogens (tertiary/aromatic N) is 4. The van der Waals surface area contributed by atoms with Crippen LogP contribution >= 0.6 is 23.4 Å². The summed E-state index contributed by atoms with van der Waals surface area (Å²) in [6.45, 7) is 13.6. The molecule has 52 heavy (non-hydrogen) atoms. The molecule has 2 heterocycles. The molecular weight excluding hydrogens is 758 g/mol. The molecule has 0 bridgehead atoms. The second kappa shape index (κ2) is 18.1. The lowest BCUT2D eigenvalue weighted by Gasteiger charge is -2.23. The number of sulfonamides is 1. The van der Waals surface area contributed by atoms with Crippen LogP contribution in [0, 0.1) is 0 Å². The number of nitrogens with one attached hydrogen (secondary N) is 3. The Hall–Kier alpha value is -4.14. The number of para-hydroxylation sites is 1. The molecule has 2 aromatic heterocycles. The average molecular weight is 802 g/mol. The molecule has 3 aromatic rings. The van der Waals surface area contributed by atoms with Crippen molar-refractivity contribution in [2.45, 2.75) is 81.6 Å². The third-order valence-corrected chi connectivity index (χ3v) is 10.7. The van der Waals surface area contributed by atoms with Gasteiger partial charge in [0.1, 0.15) is 16.7 Å². The third kappa shape index (κ3) is 12.8. The molecule has 0 spiro atoms. The fourth-order valence-electron chi connectivity index (χ4n) is 4.08. The van der Waals surface area contributed by atoms with Gasteiger partial charge in [0.15, 0.2) is 5.65 Å². The summed E-state index contributed by atoms with van der Waals surface area (Å²) < 4.78 is 51.1. The number of benzene rings is 1. The maximum Gasteiger partial charge on any atom is 0.408 e. The minimum absolute atomic E-state index is 0.0161. The number of methoxy groups -OCH3 is 1. The molecule has 1 atom stereocenters. The van der Waals surface area contributed by atoms with E-state index in [1.54, 1.807) is 27.7 Å². The molecule has 0 aliphatic carbocycles. The average Bonchev–Trinajstić information content (AvgIpc) is 3.48. The van der Waals surface area contributed by atoms with Gasteiger partial charge in [-0.1, -0.05) is 37.3 Å². The summed E-state index contributed by atoms with van der Waals surface area (Å²) in [5.41, 5.74) is -1.18. The van der Waals surface area contributed by atoms with E-state index in [-0.39, 0.29) is 58.3 Å². The predicted molar refractivity (Wildman–Crippen MR) is 196 cm³/mol. The summed E-state index contributed by atoms with van der Waals surface area (Å²) in [5, 5.41) is 8.75. The molecule has 3 N–H and O–H groups in total. The van der Waals surface area contributed by atoms with Gasteiger partial charge in [-0.05, 0) is 45.9 Å². The van der Waals surface area contributed by atoms with Gasteiger partial charge in [0.2, 0.25) is 5.91 Å². The number of fused-ring (bicyclic) bond motifs is 1. The minimum Gasteiger partial charge on any atom is -0.466 e. The normalized spacial score (nSPS) is 12.5. The Labute approximate surface area is 312 Å². The van der Waals surface area contributed by atoms with Gasteiger partial charge in [-0.25, -0.2) is 9.59 Å². The maximum absolute atomic E-state index is 13.4. The Bertz CT molecular complexity index is 1880. The van der Waals surface area contributed by atoms with Crippen molar-refractivity contribution in [1.29, 1.82) is 0 Å². The lowest BCUT2D eigenvalue weighted by atomic mass is 10.2. The number of esters is 2. The summed E-state index contributed by atoms with van der Waals surface area (Å²) >= 11 is 7.24. The number of rotatable bonds is 17. The molecule has 0 saturated heterocycles. The van der Waals surface area contributed by atoms with Crippen LogP contribution in [0.25, 0.3) is 5.65 Å². The van der Waals surface area contributed by atoms with Gasteiger partial charge in [0.25, 0.3) is 15.2 Å². The van der Waals surface area contributed by atoms with Crippen LogP contribution in [0.3, 0.4) is 0 Å². The largest absolute Gasteiger partial charge is 0.466 e. The van der Waals surface area contributed by atoms with E-state index < -0.39 is 58.8 Å². The Morgan fingerprint density at radius 3 is 2.46 bits per heavy atom. The second-order valence-corrected chi connectivity index (χ2v) is 22.0. The summed E-state index contributed by atoms with van der Waals surface area (Å²) in [6.07, 6.45) is -0.904. The van der Waals surface area contributed by atoms with Gasteiger partial charge in [-0.3, -0.25) is 14.3 Å². The number of alkyl carbamates (subject to hydrolysis) is 1. The van der Waals surface area contributed by atoms with E-state index in [1.807, 2.05) is 0 Å². The lowest BCUT2D eigenvalue weighted by Crippen LogP contribution is -2.50. The zero-order chi connectivity index (χ0) is 38.9.